The van der Waals surface area contributed by atoms with Crippen molar-refractivity contribution in [3.63, 3.8) is 0 Å². The fourth-order valence-electron chi connectivity index (χ4n) is 2.02. The minimum absolute atomic E-state index is 0.0802. The largest absolute Gasteiger partial charge is 0.351 e. The van der Waals surface area contributed by atoms with Crippen LogP contribution in [0.3, 0.4) is 0 Å². The Morgan fingerprint density at radius 3 is 2.16 bits per heavy atom. The van der Waals surface area contributed by atoms with Gasteiger partial charge in [0.1, 0.15) is 4.90 Å². The Morgan fingerprint density at radius 2 is 1.47 bits per heavy atom. The van der Waals surface area contributed by atoms with Crippen LogP contribution in [0.4, 0.5) is 0 Å². The van der Waals surface area contributed by atoms with Gasteiger partial charge in [-0.25, -0.2) is 0 Å². The molecule has 1 aliphatic heterocycles. The molecule has 0 fully saturated rings. The lowest BCUT2D eigenvalue weighted by Gasteiger charge is -2.01. The van der Waals surface area contributed by atoms with E-state index in [1.165, 1.54) is 6.07 Å². The molecule has 0 aromatic heterocycles. The minimum Gasteiger partial charge on any atom is -0.351 e. The molecule has 1 aliphatic rings. The molecule has 2 aromatic carbocycles. The van der Waals surface area contributed by atoms with E-state index in [2.05, 4.69) is 5.32 Å². The lowest BCUT2D eigenvalue weighted by Crippen LogP contribution is -2.01. The van der Waals surface area contributed by atoms with Crippen LogP contribution >= 0.6 is 0 Å². The third-order valence-electron chi connectivity index (χ3n) is 2.93. The second-order valence-corrected chi connectivity index (χ2v) is 5.60. The van der Waals surface area contributed by atoms with Crippen LogP contribution in [-0.4, -0.2) is 13.0 Å². The molecule has 0 saturated carbocycles. The Labute approximate surface area is 111 Å². The van der Waals surface area contributed by atoms with Crippen molar-refractivity contribution < 1.29 is 13.0 Å². The summed E-state index contributed by atoms with van der Waals surface area (Å²) in [6.45, 7) is 0. The molecule has 5 heteroatoms. The first kappa shape index (κ1) is 12.0. The lowest BCUT2D eigenvalue weighted by atomic mass is 10.1. The highest BCUT2D eigenvalue weighted by atomic mass is 32.2. The van der Waals surface area contributed by atoms with Crippen LogP contribution in [0.15, 0.2) is 59.5 Å². The molecule has 3 rings (SSSR count). The van der Waals surface area contributed by atoms with Crippen molar-refractivity contribution in [2.45, 2.75) is 4.90 Å². The molecule has 1 heterocycles. The van der Waals surface area contributed by atoms with Gasteiger partial charge >= 0.3 is 0 Å². The van der Waals surface area contributed by atoms with Crippen LogP contribution in [0.1, 0.15) is 11.1 Å². The van der Waals surface area contributed by atoms with Crippen molar-refractivity contribution in [1.82, 2.24) is 5.32 Å². The lowest BCUT2D eigenvalue weighted by molar-refractivity contribution is 0.483. The van der Waals surface area contributed by atoms with Gasteiger partial charge < -0.3 is 5.32 Å². The van der Waals surface area contributed by atoms with Crippen molar-refractivity contribution in [2.24, 2.45) is 0 Å². The molecule has 0 saturated heterocycles. The van der Waals surface area contributed by atoms with Crippen LogP contribution in [0.5, 0.6) is 0 Å². The van der Waals surface area contributed by atoms with Gasteiger partial charge in [0, 0.05) is 11.1 Å². The van der Waals surface area contributed by atoms with Crippen molar-refractivity contribution in [1.29, 1.82) is 0 Å². The van der Waals surface area contributed by atoms with E-state index < -0.39 is 10.1 Å². The molecule has 96 valence electrons. The maximum absolute atomic E-state index is 11.3. The topological polar surface area (TPSA) is 76.3 Å². The first-order valence-electron chi connectivity index (χ1n) is 5.71. The average molecular weight is 273 g/mol. The van der Waals surface area contributed by atoms with E-state index in [4.69, 9.17) is 0 Å². The van der Waals surface area contributed by atoms with Crippen molar-refractivity contribution in [3.05, 3.63) is 65.7 Å². The maximum Gasteiger partial charge on any atom is 0.295 e. The van der Waals surface area contributed by atoms with E-state index in [0.29, 0.717) is 5.56 Å². The second-order valence-electron chi connectivity index (χ2n) is 4.21. The first-order chi connectivity index (χ1) is 9.07. The number of hydrogen-bond donors (Lipinski definition) is 2. The molecule has 0 amide bonds. The maximum atomic E-state index is 11.3. The third kappa shape index (κ3) is 2.25. The van der Waals surface area contributed by atoms with E-state index >= 15 is 0 Å². The van der Waals surface area contributed by atoms with E-state index in [1.807, 2.05) is 30.3 Å². The summed E-state index contributed by atoms with van der Waals surface area (Å²) in [5.74, 6) is 0. The van der Waals surface area contributed by atoms with E-state index in [0.717, 1.165) is 17.0 Å². The Balaban J connectivity index is 2.10. The highest BCUT2D eigenvalue weighted by Crippen LogP contribution is 2.37. The van der Waals surface area contributed by atoms with Gasteiger partial charge in [-0.2, -0.15) is 8.42 Å². The number of rotatable bonds is 3. The normalized spacial score (nSPS) is 14.2. The fourth-order valence-corrected chi connectivity index (χ4v) is 2.71. The molecule has 0 atom stereocenters. The molecule has 0 aliphatic carbocycles. The molecule has 0 spiro atoms. The molecule has 4 nitrogen and oxygen atoms in total. The predicted octanol–water partition coefficient (Wildman–Crippen LogP) is 2.36. The summed E-state index contributed by atoms with van der Waals surface area (Å²) >= 11 is 0. The molecule has 0 bridgehead atoms. The quantitative estimate of drug-likeness (QED) is 0.842. The SMILES string of the molecule is O=S(=O)(O)c1ccccc1C1=C(c2ccccc2)N1. The first-order valence-corrected chi connectivity index (χ1v) is 7.15. The van der Waals surface area contributed by atoms with Crippen LogP contribution in [0, 0.1) is 0 Å². The van der Waals surface area contributed by atoms with Crippen molar-refractivity contribution in [3.8, 4) is 0 Å². The molecule has 2 N–H and O–H groups in total. The Bertz CT molecular complexity index is 764. The van der Waals surface area contributed by atoms with E-state index in [9.17, 15) is 13.0 Å². The summed E-state index contributed by atoms with van der Waals surface area (Å²) in [7, 11) is -4.22. The van der Waals surface area contributed by atoms with Crippen LogP contribution in [0.2, 0.25) is 0 Å². The number of benzene rings is 2. The van der Waals surface area contributed by atoms with Gasteiger partial charge in [0.2, 0.25) is 0 Å². The van der Waals surface area contributed by atoms with Gasteiger partial charge in [0.25, 0.3) is 10.1 Å². The molecular weight excluding hydrogens is 262 g/mol. The van der Waals surface area contributed by atoms with Gasteiger partial charge in [0.15, 0.2) is 0 Å². The number of hydrogen-bond acceptors (Lipinski definition) is 3. The molecule has 0 radical (unpaired) electrons. The van der Waals surface area contributed by atoms with Crippen molar-refractivity contribution in [2.75, 3.05) is 0 Å². The van der Waals surface area contributed by atoms with Gasteiger partial charge in [-0.05, 0) is 6.07 Å². The third-order valence-corrected chi connectivity index (χ3v) is 3.85. The van der Waals surface area contributed by atoms with Gasteiger partial charge in [-0.1, -0.05) is 48.5 Å². The van der Waals surface area contributed by atoms with Crippen LogP contribution < -0.4 is 5.32 Å². The standard InChI is InChI=1S/C14H11NO3S/c16-19(17,18)12-9-5-4-8-11(12)14-13(15-14)10-6-2-1-3-7-10/h1-9,15H,(H,16,17,18). The Hall–Kier alpha value is -2.11. The summed E-state index contributed by atoms with van der Waals surface area (Å²) in [5.41, 5.74) is 3.10. The zero-order chi connectivity index (χ0) is 13.5. The monoisotopic (exact) mass is 273 g/mol. The fraction of sp³-hybridized carbons (Fsp3) is 0. The van der Waals surface area contributed by atoms with Gasteiger partial charge in [0.05, 0.1) is 11.4 Å². The highest BCUT2D eigenvalue weighted by molar-refractivity contribution is 7.86. The minimum atomic E-state index is -4.22. The summed E-state index contributed by atoms with van der Waals surface area (Å²) in [6.07, 6.45) is 0. The van der Waals surface area contributed by atoms with Crippen LogP contribution in [-0.2, 0) is 10.1 Å². The zero-order valence-electron chi connectivity index (χ0n) is 9.87. The zero-order valence-corrected chi connectivity index (χ0v) is 10.7. The number of nitrogens with one attached hydrogen (secondary N) is 1. The van der Waals surface area contributed by atoms with E-state index in [-0.39, 0.29) is 4.90 Å². The van der Waals surface area contributed by atoms with Gasteiger partial charge in [-0.3, -0.25) is 4.55 Å². The van der Waals surface area contributed by atoms with Crippen molar-refractivity contribution >= 4 is 21.5 Å². The molecule has 2 aromatic rings. The summed E-state index contributed by atoms with van der Waals surface area (Å²) < 4.78 is 31.9. The smallest absolute Gasteiger partial charge is 0.295 e. The van der Waals surface area contributed by atoms with E-state index in [1.54, 1.807) is 18.2 Å². The summed E-state index contributed by atoms with van der Waals surface area (Å²) in [4.78, 5) is -0.0802. The van der Waals surface area contributed by atoms with Crippen LogP contribution in [0.25, 0.3) is 11.4 Å². The second kappa shape index (κ2) is 4.22. The highest BCUT2D eigenvalue weighted by Gasteiger charge is 2.28. The summed E-state index contributed by atoms with van der Waals surface area (Å²) in [5, 5.41) is 3.07. The van der Waals surface area contributed by atoms with Gasteiger partial charge in [-0.15, -0.1) is 0 Å². The average Bonchev–Trinajstić information content (AvgIpc) is 3.19. The predicted molar refractivity (Wildman–Crippen MR) is 72.6 cm³/mol. The Morgan fingerprint density at radius 1 is 0.842 bits per heavy atom. The Kier molecular flexibility index (Phi) is 2.66. The molecule has 19 heavy (non-hydrogen) atoms. The molecular formula is C14H11NO3S. The summed E-state index contributed by atoms with van der Waals surface area (Å²) in [6, 6.07) is 16.0. The molecule has 0 unspecified atom stereocenters.